The van der Waals surface area contributed by atoms with Gasteiger partial charge in [0.15, 0.2) is 0 Å². The zero-order valence-electron chi connectivity index (χ0n) is 13.3. The summed E-state index contributed by atoms with van der Waals surface area (Å²) in [6.45, 7) is 1.11. The number of anilines is 1. The molecule has 0 atom stereocenters. The highest BCUT2D eigenvalue weighted by Gasteiger charge is 2.27. The highest BCUT2D eigenvalue weighted by Crippen LogP contribution is 2.17. The summed E-state index contributed by atoms with van der Waals surface area (Å²) in [5.74, 6) is -0.446. The van der Waals surface area contributed by atoms with Crippen molar-refractivity contribution in [2.24, 2.45) is 0 Å². The van der Waals surface area contributed by atoms with Gasteiger partial charge in [-0.2, -0.15) is 0 Å². The van der Waals surface area contributed by atoms with Crippen LogP contribution in [0.4, 0.5) is 10.1 Å². The zero-order valence-corrected chi connectivity index (χ0v) is 13.3. The number of para-hydroxylation sites is 1. The normalized spacial score (nSPS) is 14.8. The molecule has 3 rings (SSSR count). The Hall–Kier alpha value is -2.69. The molecule has 1 fully saturated rings. The molecule has 0 radical (unpaired) electrons. The van der Waals surface area contributed by atoms with Crippen LogP contribution in [0.2, 0.25) is 0 Å². The predicted molar refractivity (Wildman–Crippen MR) is 90.1 cm³/mol. The Morgan fingerprint density at radius 2 is 1.83 bits per heavy atom. The molecular formula is C19H19FN2O2. The molecule has 4 nitrogen and oxygen atoms in total. The number of rotatable bonds is 4. The average molecular weight is 326 g/mol. The highest BCUT2D eigenvalue weighted by molar-refractivity contribution is 5.97. The highest BCUT2D eigenvalue weighted by atomic mass is 19.1. The molecule has 0 aromatic heterocycles. The Bertz CT molecular complexity index is 733. The Morgan fingerprint density at radius 1 is 1.04 bits per heavy atom. The first kappa shape index (κ1) is 16.2. The molecule has 24 heavy (non-hydrogen) atoms. The number of hydrogen-bond donors (Lipinski definition) is 0. The van der Waals surface area contributed by atoms with E-state index in [9.17, 15) is 14.0 Å². The minimum Gasteiger partial charge on any atom is -0.332 e. The van der Waals surface area contributed by atoms with Gasteiger partial charge in [0.1, 0.15) is 12.4 Å². The quantitative estimate of drug-likeness (QED) is 0.867. The van der Waals surface area contributed by atoms with Gasteiger partial charge < -0.3 is 9.80 Å². The number of halogens is 1. The van der Waals surface area contributed by atoms with Crippen LogP contribution in [-0.4, -0.2) is 36.3 Å². The second kappa shape index (κ2) is 7.25. The minimum absolute atomic E-state index is 0.0691. The van der Waals surface area contributed by atoms with Crippen molar-refractivity contribution >= 4 is 17.5 Å². The maximum Gasteiger partial charge on any atom is 0.246 e. The fraction of sp³-hybridized carbons (Fsp3) is 0.263. The topological polar surface area (TPSA) is 40.6 Å². The number of carbonyl (C=O) groups excluding carboxylic acids is 2. The van der Waals surface area contributed by atoms with Crippen molar-refractivity contribution in [1.82, 2.24) is 4.90 Å². The Morgan fingerprint density at radius 3 is 2.54 bits per heavy atom. The molecule has 1 heterocycles. The molecule has 0 spiro atoms. The molecule has 0 saturated carbocycles. The van der Waals surface area contributed by atoms with Gasteiger partial charge >= 0.3 is 0 Å². The summed E-state index contributed by atoms with van der Waals surface area (Å²) >= 11 is 0. The molecule has 2 aromatic rings. The van der Waals surface area contributed by atoms with E-state index in [1.165, 1.54) is 12.1 Å². The summed E-state index contributed by atoms with van der Waals surface area (Å²) in [6.07, 6.45) is 0.756. The van der Waals surface area contributed by atoms with E-state index >= 15 is 0 Å². The van der Waals surface area contributed by atoms with E-state index in [0.29, 0.717) is 19.5 Å². The van der Waals surface area contributed by atoms with Gasteiger partial charge in [-0.1, -0.05) is 30.3 Å². The third-order valence-corrected chi connectivity index (χ3v) is 4.16. The Balaban J connectivity index is 1.55. The molecule has 2 amide bonds. The maximum absolute atomic E-state index is 13.2. The second-order valence-corrected chi connectivity index (χ2v) is 5.83. The molecule has 1 saturated heterocycles. The molecular weight excluding hydrogens is 307 g/mol. The Kier molecular flexibility index (Phi) is 4.89. The van der Waals surface area contributed by atoms with Crippen molar-refractivity contribution in [1.29, 1.82) is 0 Å². The number of aryl methyl sites for hydroxylation is 1. The predicted octanol–water partition coefficient (Wildman–Crippen LogP) is 2.63. The van der Waals surface area contributed by atoms with Crippen molar-refractivity contribution in [2.75, 3.05) is 24.5 Å². The van der Waals surface area contributed by atoms with Crippen LogP contribution < -0.4 is 4.90 Å². The minimum atomic E-state index is -0.299. The van der Waals surface area contributed by atoms with E-state index in [1.54, 1.807) is 21.9 Å². The third-order valence-electron chi connectivity index (χ3n) is 4.16. The molecule has 0 bridgehead atoms. The molecule has 0 unspecified atom stereocenters. The van der Waals surface area contributed by atoms with Crippen LogP contribution in [0.5, 0.6) is 0 Å². The first-order valence-electron chi connectivity index (χ1n) is 8.01. The van der Waals surface area contributed by atoms with Gasteiger partial charge in [-0.05, 0) is 36.2 Å². The second-order valence-electron chi connectivity index (χ2n) is 5.83. The summed E-state index contributed by atoms with van der Waals surface area (Å²) in [4.78, 5) is 27.9. The zero-order chi connectivity index (χ0) is 16.9. The molecule has 2 aromatic carbocycles. The lowest BCUT2D eigenvalue weighted by Gasteiger charge is -2.34. The first-order chi connectivity index (χ1) is 11.6. The van der Waals surface area contributed by atoms with Crippen LogP contribution in [-0.2, 0) is 16.0 Å². The van der Waals surface area contributed by atoms with Gasteiger partial charge in [-0.15, -0.1) is 0 Å². The average Bonchev–Trinajstić information content (AvgIpc) is 2.60. The fourth-order valence-corrected chi connectivity index (χ4v) is 2.87. The van der Waals surface area contributed by atoms with Crippen LogP contribution >= 0.6 is 0 Å². The third kappa shape index (κ3) is 3.79. The largest absolute Gasteiger partial charge is 0.332 e. The van der Waals surface area contributed by atoms with E-state index in [1.807, 2.05) is 30.3 Å². The van der Waals surface area contributed by atoms with Crippen molar-refractivity contribution in [3.63, 3.8) is 0 Å². The SMILES string of the molecule is O=C(CCc1cccc(F)c1)N1CCN(c2ccccc2)C(=O)C1. The van der Waals surface area contributed by atoms with Gasteiger partial charge in [0.25, 0.3) is 0 Å². The fourth-order valence-electron chi connectivity index (χ4n) is 2.87. The van der Waals surface area contributed by atoms with E-state index in [2.05, 4.69) is 0 Å². The van der Waals surface area contributed by atoms with Crippen LogP contribution in [0.15, 0.2) is 54.6 Å². The summed E-state index contributed by atoms with van der Waals surface area (Å²) in [5, 5.41) is 0. The number of amides is 2. The lowest BCUT2D eigenvalue weighted by molar-refractivity contribution is -0.136. The number of nitrogens with zero attached hydrogens (tertiary/aromatic N) is 2. The van der Waals surface area contributed by atoms with E-state index in [-0.39, 0.29) is 30.6 Å². The number of hydrogen-bond acceptors (Lipinski definition) is 2. The van der Waals surface area contributed by atoms with Crippen LogP contribution in [0, 0.1) is 5.82 Å². The molecule has 1 aliphatic rings. The molecule has 5 heteroatoms. The van der Waals surface area contributed by atoms with E-state index in [4.69, 9.17) is 0 Å². The van der Waals surface area contributed by atoms with Gasteiger partial charge in [0.2, 0.25) is 11.8 Å². The van der Waals surface area contributed by atoms with Crippen molar-refractivity contribution in [3.8, 4) is 0 Å². The first-order valence-corrected chi connectivity index (χ1v) is 8.01. The monoisotopic (exact) mass is 326 g/mol. The van der Waals surface area contributed by atoms with Crippen LogP contribution in [0.1, 0.15) is 12.0 Å². The van der Waals surface area contributed by atoms with Crippen molar-refractivity contribution in [3.05, 3.63) is 66.0 Å². The van der Waals surface area contributed by atoms with Crippen LogP contribution in [0.25, 0.3) is 0 Å². The molecule has 124 valence electrons. The number of carbonyl (C=O) groups is 2. The van der Waals surface area contributed by atoms with Gasteiger partial charge in [0.05, 0.1) is 0 Å². The molecule has 0 N–H and O–H groups in total. The lowest BCUT2D eigenvalue weighted by atomic mass is 10.1. The van der Waals surface area contributed by atoms with Gasteiger partial charge in [-0.3, -0.25) is 9.59 Å². The number of piperazine rings is 1. The van der Waals surface area contributed by atoms with E-state index < -0.39 is 0 Å². The summed E-state index contributed by atoms with van der Waals surface area (Å²) in [7, 11) is 0. The van der Waals surface area contributed by atoms with E-state index in [0.717, 1.165) is 11.3 Å². The molecule has 0 aliphatic carbocycles. The lowest BCUT2D eigenvalue weighted by Crippen LogP contribution is -2.52. The standard InChI is InChI=1S/C19H19FN2O2/c20-16-6-4-5-15(13-16)9-10-18(23)21-11-12-22(19(24)14-21)17-7-2-1-3-8-17/h1-8,13H,9-12,14H2. The summed E-state index contributed by atoms with van der Waals surface area (Å²) < 4.78 is 13.2. The Labute approximate surface area is 140 Å². The maximum atomic E-state index is 13.2. The number of benzene rings is 2. The van der Waals surface area contributed by atoms with Gasteiger partial charge in [-0.25, -0.2) is 4.39 Å². The van der Waals surface area contributed by atoms with Gasteiger partial charge in [0, 0.05) is 25.2 Å². The summed E-state index contributed by atoms with van der Waals surface area (Å²) in [6, 6.07) is 15.7. The molecule has 1 aliphatic heterocycles. The van der Waals surface area contributed by atoms with Crippen LogP contribution in [0.3, 0.4) is 0 Å². The van der Waals surface area contributed by atoms with Crippen molar-refractivity contribution < 1.29 is 14.0 Å². The smallest absolute Gasteiger partial charge is 0.246 e. The summed E-state index contributed by atoms with van der Waals surface area (Å²) in [5.41, 5.74) is 1.65. The van der Waals surface area contributed by atoms with Crippen molar-refractivity contribution in [2.45, 2.75) is 12.8 Å².